The number of rotatable bonds is 4. The Hall–Kier alpha value is -2.12. The maximum absolute atomic E-state index is 4.69. The van der Waals surface area contributed by atoms with E-state index >= 15 is 0 Å². The first-order chi connectivity index (χ1) is 11.3. The van der Waals surface area contributed by atoms with Crippen molar-refractivity contribution in [2.24, 2.45) is 0 Å². The van der Waals surface area contributed by atoms with Crippen LogP contribution in [-0.4, -0.2) is 36.4 Å². The van der Waals surface area contributed by atoms with E-state index in [-0.39, 0.29) is 0 Å². The van der Waals surface area contributed by atoms with Gasteiger partial charge >= 0.3 is 0 Å². The Balaban J connectivity index is 1.63. The second kappa shape index (κ2) is 6.17. The molecular weight excluding hydrogens is 308 g/mol. The van der Waals surface area contributed by atoms with Crippen LogP contribution < -0.4 is 0 Å². The van der Waals surface area contributed by atoms with E-state index in [9.17, 15) is 0 Å². The molecule has 1 atom stereocenters. The quantitative estimate of drug-likeness (QED) is 0.798. The summed E-state index contributed by atoms with van der Waals surface area (Å²) < 4.78 is 0. The number of hydrogen-bond donors (Lipinski definition) is 1. The van der Waals surface area contributed by atoms with Crippen molar-refractivity contribution in [3.63, 3.8) is 0 Å². The smallest absolute Gasteiger partial charge is 0.156 e. The lowest BCUT2D eigenvalue weighted by molar-refractivity contribution is 0.241. The minimum Gasteiger partial charge on any atom is -0.343 e. The third-order valence-electron chi connectivity index (χ3n) is 4.15. The van der Waals surface area contributed by atoms with Crippen LogP contribution in [0.4, 0.5) is 0 Å². The lowest BCUT2D eigenvalue weighted by Crippen LogP contribution is -2.24. The van der Waals surface area contributed by atoms with Crippen molar-refractivity contribution in [1.82, 2.24) is 29.8 Å². The number of thiazole rings is 1. The number of nitrogens with one attached hydrogen (secondary N) is 1. The molecule has 1 aliphatic rings. The molecule has 0 amide bonds. The lowest BCUT2D eigenvalue weighted by Gasteiger charge is -2.23. The predicted octanol–water partition coefficient (Wildman–Crippen LogP) is 2.97. The maximum Gasteiger partial charge on any atom is 0.156 e. The van der Waals surface area contributed by atoms with Gasteiger partial charge in [0.25, 0.3) is 0 Å². The fourth-order valence-corrected chi connectivity index (χ4v) is 3.71. The highest BCUT2D eigenvalue weighted by molar-refractivity contribution is 7.07. The molecule has 0 aliphatic carbocycles. The van der Waals surface area contributed by atoms with Gasteiger partial charge in [0.05, 0.1) is 22.9 Å². The van der Waals surface area contributed by atoms with E-state index in [0.717, 1.165) is 48.2 Å². The highest BCUT2D eigenvalue weighted by atomic mass is 32.1. The minimum atomic E-state index is 0.326. The Labute approximate surface area is 138 Å². The highest BCUT2D eigenvalue weighted by Gasteiger charge is 2.28. The van der Waals surface area contributed by atoms with Crippen LogP contribution in [-0.2, 0) is 6.54 Å². The van der Waals surface area contributed by atoms with Gasteiger partial charge in [-0.15, -0.1) is 11.3 Å². The molecule has 3 aromatic heterocycles. The van der Waals surface area contributed by atoms with Crippen LogP contribution in [0.25, 0.3) is 11.5 Å². The molecule has 1 N–H and O–H groups in total. The van der Waals surface area contributed by atoms with Crippen molar-refractivity contribution < 1.29 is 0 Å². The fourth-order valence-electron chi connectivity index (χ4n) is 3.16. The number of aromatic nitrogens is 5. The number of H-pyrrole nitrogens is 1. The van der Waals surface area contributed by atoms with Gasteiger partial charge < -0.3 is 4.98 Å². The van der Waals surface area contributed by atoms with Gasteiger partial charge in [0, 0.05) is 24.3 Å². The second-order valence-electron chi connectivity index (χ2n) is 5.77. The van der Waals surface area contributed by atoms with Gasteiger partial charge in [0.1, 0.15) is 11.5 Å². The van der Waals surface area contributed by atoms with Gasteiger partial charge in [-0.25, -0.2) is 19.9 Å². The summed E-state index contributed by atoms with van der Waals surface area (Å²) in [6.45, 7) is 3.91. The molecule has 118 valence electrons. The average molecular weight is 326 g/mol. The Morgan fingerprint density at radius 3 is 3.09 bits per heavy atom. The summed E-state index contributed by atoms with van der Waals surface area (Å²) in [5, 5.41) is 2.12. The molecule has 7 heteroatoms. The van der Waals surface area contributed by atoms with Crippen molar-refractivity contribution in [2.75, 3.05) is 6.54 Å². The van der Waals surface area contributed by atoms with Gasteiger partial charge in [-0.05, 0) is 32.4 Å². The first-order valence-corrected chi connectivity index (χ1v) is 8.70. The summed E-state index contributed by atoms with van der Waals surface area (Å²) in [7, 11) is 0. The van der Waals surface area contributed by atoms with Crippen LogP contribution in [0, 0.1) is 6.92 Å². The molecule has 0 saturated carbocycles. The van der Waals surface area contributed by atoms with Gasteiger partial charge in [-0.3, -0.25) is 4.90 Å². The molecule has 4 heterocycles. The molecule has 0 bridgehead atoms. The number of aromatic amines is 1. The Morgan fingerprint density at radius 1 is 1.35 bits per heavy atom. The molecule has 1 saturated heterocycles. The number of imidazole rings is 1. The number of aryl methyl sites for hydroxylation is 1. The van der Waals surface area contributed by atoms with Crippen LogP contribution in [0.1, 0.15) is 36.1 Å². The van der Waals surface area contributed by atoms with E-state index in [1.807, 2.05) is 18.6 Å². The minimum absolute atomic E-state index is 0.326. The second-order valence-corrected chi connectivity index (χ2v) is 6.49. The topological polar surface area (TPSA) is 70.6 Å². The number of hydrogen-bond acceptors (Lipinski definition) is 6. The summed E-state index contributed by atoms with van der Waals surface area (Å²) >= 11 is 1.65. The van der Waals surface area contributed by atoms with Crippen molar-refractivity contribution in [3.8, 4) is 11.5 Å². The summed E-state index contributed by atoms with van der Waals surface area (Å²) in [6, 6.07) is 2.39. The van der Waals surface area contributed by atoms with Crippen LogP contribution >= 0.6 is 11.3 Å². The van der Waals surface area contributed by atoms with Crippen molar-refractivity contribution in [3.05, 3.63) is 46.6 Å². The van der Waals surface area contributed by atoms with E-state index in [1.54, 1.807) is 17.5 Å². The van der Waals surface area contributed by atoms with E-state index in [0.29, 0.717) is 6.04 Å². The normalized spacial score (nSPS) is 18.6. The maximum atomic E-state index is 4.69. The molecule has 4 rings (SSSR count). The number of nitrogens with zero attached hydrogens (tertiary/aromatic N) is 5. The van der Waals surface area contributed by atoms with Gasteiger partial charge in [0.2, 0.25) is 0 Å². The zero-order valence-electron chi connectivity index (χ0n) is 12.9. The van der Waals surface area contributed by atoms with Crippen molar-refractivity contribution in [2.45, 2.75) is 32.4 Å². The predicted molar refractivity (Wildman–Crippen MR) is 88.8 cm³/mol. The SMILES string of the molecule is Cc1nc(-c2ncc[nH]2)cc([C@@H]2CCCN2Cc2cscn2)n1. The van der Waals surface area contributed by atoms with E-state index in [1.165, 1.54) is 6.42 Å². The lowest BCUT2D eigenvalue weighted by atomic mass is 10.1. The first kappa shape index (κ1) is 14.5. The van der Waals surface area contributed by atoms with E-state index < -0.39 is 0 Å². The summed E-state index contributed by atoms with van der Waals surface area (Å²) in [4.78, 5) is 23.5. The van der Waals surface area contributed by atoms with Crippen LogP contribution in [0.5, 0.6) is 0 Å². The molecule has 0 aromatic carbocycles. The standard InChI is InChI=1S/C16H18N6S/c1-11-20-13(7-14(21-11)16-17-4-5-18-16)15-3-2-6-22(15)8-12-9-23-10-19-12/h4-5,7,9-10,15H,2-3,6,8H2,1H3,(H,17,18)/t15-/m0/s1. The van der Waals surface area contributed by atoms with Crippen molar-refractivity contribution >= 4 is 11.3 Å². The average Bonchev–Trinajstić information content (AvgIpc) is 3.30. The molecular formula is C16H18N6S. The zero-order valence-corrected chi connectivity index (χ0v) is 13.8. The Bertz CT molecular complexity index is 768. The largest absolute Gasteiger partial charge is 0.343 e. The Morgan fingerprint density at radius 2 is 2.30 bits per heavy atom. The molecule has 0 spiro atoms. The van der Waals surface area contributed by atoms with Crippen LogP contribution in [0.2, 0.25) is 0 Å². The third-order valence-corrected chi connectivity index (χ3v) is 4.79. The van der Waals surface area contributed by atoms with Crippen LogP contribution in [0.3, 0.4) is 0 Å². The Kier molecular flexibility index (Phi) is 3.88. The first-order valence-electron chi connectivity index (χ1n) is 7.76. The molecule has 1 aliphatic heterocycles. The third kappa shape index (κ3) is 3.02. The van der Waals surface area contributed by atoms with Gasteiger partial charge in [0.15, 0.2) is 5.82 Å². The molecule has 23 heavy (non-hydrogen) atoms. The molecule has 6 nitrogen and oxygen atoms in total. The zero-order chi connectivity index (χ0) is 15.6. The van der Waals surface area contributed by atoms with Gasteiger partial charge in [-0.2, -0.15) is 0 Å². The summed E-state index contributed by atoms with van der Waals surface area (Å²) in [5.74, 6) is 1.58. The fraction of sp³-hybridized carbons (Fsp3) is 0.375. The molecule has 0 radical (unpaired) electrons. The molecule has 1 fully saturated rings. The number of likely N-dealkylation sites (tertiary alicyclic amines) is 1. The summed E-state index contributed by atoms with van der Waals surface area (Å²) in [5.41, 5.74) is 4.97. The summed E-state index contributed by atoms with van der Waals surface area (Å²) in [6.07, 6.45) is 5.87. The monoisotopic (exact) mass is 326 g/mol. The van der Waals surface area contributed by atoms with E-state index in [4.69, 9.17) is 4.98 Å². The van der Waals surface area contributed by atoms with Gasteiger partial charge in [-0.1, -0.05) is 0 Å². The van der Waals surface area contributed by atoms with E-state index in [2.05, 4.69) is 36.3 Å². The van der Waals surface area contributed by atoms with Crippen molar-refractivity contribution in [1.29, 1.82) is 0 Å². The highest BCUT2D eigenvalue weighted by Crippen LogP contribution is 2.33. The van der Waals surface area contributed by atoms with Crippen LogP contribution in [0.15, 0.2) is 29.4 Å². The molecule has 3 aromatic rings. The molecule has 0 unspecified atom stereocenters.